The molecule has 0 aromatic heterocycles. The smallest absolute Gasteiger partial charge is 0.314 e. The van der Waals surface area contributed by atoms with Crippen molar-refractivity contribution in [1.82, 2.24) is 0 Å². The third-order valence-corrected chi connectivity index (χ3v) is 12.9. The Kier molecular flexibility index (Phi) is 4.99. The Bertz CT molecular complexity index is 885. The number of hydrogen-bond donors (Lipinski definition) is 2. The van der Waals surface area contributed by atoms with E-state index in [1.807, 2.05) is 0 Å². The van der Waals surface area contributed by atoms with Crippen LogP contribution in [0.4, 0.5) is 0 Å². The van der Waals surface area contributed by atoms with Gasteiger partial charge in [-0.2, -0.15) is 0 Å². The Hall–Kier alpha value is -0.830. The maximum atomic E-state index is 13.5. The molecule has 0 bridgehead atoms. The van der Waals surface area contributed by atoms with Crippen molar-refractivity contribution in [3.05, 3.63) is 11.6 Å². The normalized spacial score (nSPS) is 52.4. The Labute approximate surface area is 201 Å². The summed E-state index contributed by atoms with van der Waals surface area (Å²) in [6.45, 7) is 16.6. The zero-order valence-corrected chi connectivity index (χ0v) is 22.3. The fraction of sp³-hybridized carbons (Fsp3) is 0.900. The second-order valence-corrected chi connectivity index (χ2v) is 15.1. The van der Waals surface area contributed by atoms with Gasteiger partial charge >= 0.3 is 5.97 Å². The second kappa shape index (κ2) is 6.89. The summed E-state index contributed by atoms with van der Waals surface area (Å²) in [4.78, 5) is 13.5. The molecule has 0 aliphatic heterocycles. The summed E-state index contributed by atoms with van der Waals surface area (Å²) in [6, 6.07) is 0. The van der Waals surface area contributed by atoms with E-state index in [4.69, 9.17) is 0 Å². The van der Waals surface area contributed by atoms with Crippen LogP contribution < -0.4 is 0 Å². The molecule has 2 N–H and O–H groups in total. The van der Waals surface area contributed by atoms with E-state index in [-0.39, 0.29) is 33.2 Å². The first-order valence-corrected chi connectivity index (χ1v) is 13.8. The summed E-state index contributed by atoms with van der Waals surface area (Å²) in [6.07, 6.45) is 12.6. The summed E-state index contributed by atoms with van der Waals surface area (Å²) in [5.41, 5.74) is 0.906. The number of hydrogen-bond acceptors (Lipinski definition) is 2. The van der Waals surface area contributed by atoms with Crippen LogP contribution in [0, 0.1) is 50.2 Å². The molecule has 3 unspecified atom stereocenters. The van der Waals surface area contributed by atoms with E-state index in [0.29, 0.717) is 17.8 Å². The first-order chi connectivity index (χ1) is 15.1. The highest BCUT2D eigenvalue weighted by Gasteiger charge is 2.71. The van der Waals surface area contributed by atoms with Gasteiger partial charge in [0.25, 0.3) is 0 Å². The standard InChI is InChI=1S/C30H48O3/c1-25(2)14-15-27(5)16-17-30(24(32)33)19(20(27)18-25)8-9-22-28(6)12-11-23(31)26(3,4)21(28)10-13-29(22,30)7/h8,20-23,31H,9-18H2,1-7H3,(H,32,33)/t20?,21?,22?,23-,27+,28-,29+,30+/m0/s1. The number of allylic oxidation sites excluding steroid dienone is 1. The molecule has 0 radical (unpaired) electrons. The van der Waals surface area contributed by atoms with Gasteiger partial charge in [0.15, 0.2) is 0 Å². The van der Waals surface area contributed by atoms with Crippen molar-refractivity contribution in [2.24, 2.45) is 50.2 Å². The Morgan fingerprint density at radius 1 is 0.879 bits per heavy atom. The molecule has 5 rings (SSSR count). The number of carboxylic acids is 1. The fourth-order valence-electron chi connectivity index (χ4n) is 10.6. The second-order valence-electron chi connectivity index (χ2n) is 15.1. The summed E-state index contributed by atoms with van der Waals surface area (Å²) in [7, 11) is 0. The monoisotopic (exact) mass is 456 g/mol. The third-order valence-electron chi connectivity index (χ3n) is 12.9. The summed E-state index contributed by atoms with van der Waals surface area (Å²) < 4.78 is 0. The van der Waals surface area contributed by atoms with Crippen molar-refractivity contribution >= 4 is 5.97 Å². The Morgan fingerprint density at radius 2 is 1.55 bits per heavy atom. The fourth-order valence-corrected chi connectivity index (χ4v) is 10.6. The molecule has 186 valence electrons. The molecule has 0 spiro atoms. The number of carbonyl (C=O) groups is 1. The number of aliphatic carboxylic acids is 1. The van der Waals surface area contributed by atoms with E-state index in [2.05, 4.69) is 54.5 Å². The zero-order chi connectivity index (χ0) is 24.2. The first kappa shape index (κ1) is 23.9. The van der Waals surface area contributed by atoms with Gasteiger partial charge in [-0.3, -0.25) is 4.79 Å². The van der Waals surface area contributed by atoms with Crippen molar-refractivity contribution in [3.63, 3.8) is 0 Å². The zero-order valence-electron chi connectivity index (χ0n) is 22.3. The number of carboxylic acid groups (broad SMARTS) is 1. The van der Waals surface area contributed by atoms with E-state index in [1.165, 1.54) is 18.4 Å². The molecule has 0 heterocycles. The predicted octanol–water partition coefficient (Wildman–Crippen LogP) is 7.23. The van der Waals surface area contributed by atoms with Gasteiger partial charge in [0.05, 0.1) is 11.5 Å². The molecule has 8 atom stereocenters. The SMILES string of the molecule is CC1(C)CC[C@]2(C)CC[C@]3(C(=O)O)C(=CCC4[C@@]5(C)CC[C@H](O)C(C)(C)C5CC[C@]43C)C2C1. The lowest BCUT2D eigenvalue weighted by Crippen LogP contribution is -2.66. The quantitative estimate of drug-likeness (QED) is 0.409. The molecule has 0 amide bonds. The minimum atomic E-state index is -0.721. The maximum absolute atomic E-state index is 13.5. The van der Waals surface area contributed by atoms with Gasteiger partial charge in [0.1, 0.15) is 0 Å². The molecule has 4 fully saturated rings. The molecule has 33 heavy (non-hydrogen) atoms. The first-order valence-electron chi connectivity index (χ1n) is 13.8. The number of aliphatic hydroxyl groups excluding tert-OH is 1. The molecule has 3 heteroatoms. The van der Waals surface area contributed by atoms with Gasteiger partial charge in [-0.1, -0.05) is 60.1 Å². The van der Waals surface area contributed by atoms with Crippen LogP contribution in [0.2, 0.25) is 0 Å². The summed E-state index contributed by atoms with van der Waals surface area (Å²) in [5, 5.41) is 22.0. The number of rotatable bonds is 1. The molecular formula is C30H48O3. The van der Waals surface area contributed by atoms with E-state index in [1.54, 1.807) is 0 Å². The van der Waals surface area contributed by atoms with Crippen LogP contribution in [0.1, 0.15) is 113 Å². The van der Waals surface area contributed by atoms with Crippen LogP contribution in [-0.4, -0.2) is 22.3 Å². The van der Waals surface area contributed by atoms with Crippen molar-refractivity contribution in [2.45, 2.75) is 119 Å². The van der Waals surface area contributed by atoms with Gasteiger partial charge < -0.3 is 10.2 Å². The molecule has 5 aliphatic carbocycles. The molecule has 3 nitrogen and oxygen atoms in total. The average molecular weight is 457 g/mol. The van der Waals surface area contributed by atoms with E-state index >= 15 is 0 Å². The molecule has 0 aromatic rings. The number of aliphatic hydroxyl groups is 1. The van der Waals surface area contributed by atoms with E-state index in [0.717, 1.165) is 51.4 Å². The van der Waals surface area contributed by atoms with Gasteiger partial charge in [-0.05, 0) is 109 Å². The molecule has 5 aliphatic rings. The minimum absolute atomic E-state index is 0.0901. The molecular weight excluding hydrogens is 408 g/mol. The maximum Gasteiger partial charge on any atom is 0.314 e. The summed E-state index contributed by atoms with van der Waals surface area (Å²) >= 11 is 0. The minimum Gasteiger partial charge on any atom is -0.481 e. The lowest BCUT2D eigenvalue weighted by molar-refractivity contribution is -0.213. The highest BCUT2D eigenvalue weighted by Crippen LogP contribution is 2.75. The van der Waals surface area contributed by atoms with Gasteiger partial charge in [0.2, 0.25) is 0 Å². The Morgan fingerprint density at radius 3 is 2.21 bits per heavy atom. The molecule has 4 saturated carbocycles. The highest BCUT2D eigenvalue weighted by molar-refractivity contribution is 5.81. The van der Waals surface area contributed by atoms with Crippen LogP contribution in [0.3, 0.4) is 0 Å². The van der Waals surface area contributed by atoms with Crippen molar-refractivity contribution < 1.29 is 15.0 Å². The third kappa shape index (κ3) is 2.87. The van der Waals surface area contributed by atoms with Gasteiger partial charge in [-0.15, -0.1) is 0 Å². The Balaban J connectivity index is 1.64. The highest BCUT2D eigenvalue weighted by atomic mass is 16.4. The van der Waals surface area contributed by atoms with Crippen LogP contribution in [0.25, 0.3) is 0 Å². The lowest BCUT2D eigenvalue weighted by Gasteiger charge is -2.70. The molecule has 0 aromatic carbocycles. The lowest BCUT2D eigenvalue weighted by atomic mass is 9.33. The largest absolute Gasteiger partial charge is 0.481 e. The van der Waals surface area contributed by atoms with Gasteiger partial charge in [0, 0.05) is 0 Å². The predicted molar refractivity (Wildman–Crippen MR) is 133 cm³/mol. The van der Waals surface area contributed by atoms with Crippen molar-refractivity contribution in [3.8, 4) is 0 Å². The summed E-state index contributed by atoms with van der Waals surface area (Å²) in [5.74, 6) is 0.675. The van der Waals surface area contributed by atoms with Crippen LogP contribution >= 0.6 is 0 Å². The van der Waals surface area contributed by atoms with Gasteiger partial charge in [-0.25, -0.2) is 0 Å². The van der Waals surface area contributed by atoms with Crippen LogP contribution in [0.5, 0.6) is 0 Å². The average Bonchev–Trinajstić information content (AvgIpc) is 2.71. The van der Waals surface area contributed by atoms with Crippen molar-refractivity contribution in [2.75, 3.05) is 0 Å². The molecule has 0 saturated heterocycles. The topological polar surface area (TPSA) is 57.5 Å². The van der Waals surface area contributed by atoms with E-state index in [9.17, 15) is 15.0 Å². The van der Waals surface area contributed by atoms with Crippen LogP contribution in [-0.2, 0) is 4.79 Å². The van der Waals surface area contributed by atoms with E-state index < -0.39 is 11.4 Å². The van der Waals surface area contributed by atoms with Crippen LogP contribution in [0.15, 0.2) is 11.6 Å². The van der Waals surface area contributed by atoms with Crippen molar-refractivity contribution in [1.29, 1.82) is 0 Å². The number of fused-ring (bicyclic) bond motifs is 7.